The van der Waals surface area contributed by atoms with Crippen molar-refractivity contribution in [2.24, 2.45) is 0 Å². The predicted octanol–water partition coefficient (Wildman–Crippen LogP) is 3.15. The minimum absolute atomic E-state index is 0.0181. The highest BCUT2D eigenvalue weighted by molar-refractivity contribution is 8.00. The van der Waals surface area contributed by atoms with Crippen molar-refractivity contribution in [2.45, 2.75) is 49.4 Å². The van der Waals surface area contributed by atoms with Gasteiger partial charge in [-0.15, -0.1) is 10.2 Å². The molecule has 0 fully saturated rings. The quantitative estimate of drug-likeness (QED) is 0.401. The minimum atomic E-state index is -0.310. The molecule has 1 aromatic carbocycles. The Morgan fingerprint density at radius 2 is 2.11 bits per heavy atom. The highest BCUT2D eigenvalue weighted by Crippen LogP contribution is 2.26. The number of nitrogens with one attached hydrogen (secondary N) is 1. The lowest BCUT2D eigenvalue weighted by atomic mass is 9.97. The highest BCUT2D eigenvalue weighted by Gasteiger charge is 2.20. The molecular formula is C20H27N5O2S. The monoisotopic (exact) mass is 401 g/mol. The third-order valence-corrected chi connectivity index (χ3v) is 5.85. The van der Waals surface area contributed by atoms with Crippen LogP contribution in [-0.4, -0.2) is 39.7 Å². The summed E-state index contributed by atoms with van der Waals surface area (Å²) in [6, 6.07) is 7.43. The topological polar surface area (TPSA) is 95.1 Å². The normalized spacial score (nSPS) is 15.0. The van der Waals surface area contributed by atoms with Crippen LogP contribution in [0.5, 0.6) is 5.75 Å². The maximum atomic E-state index is 12.4. The summed E-state index contributed by atoms with van der Waals surface area (Å²) in [5.74, 6) is 7.44. The first-order chi connectivity index (χ1) is 13.6. The molecule has 1 aromatic heterocycles. The molecule has 1 unspecified atom stereocenters. The smallest absolute Gasteiger partial charge is 0.233 e. The molecule has 150 valence electrons. The van der Waals surface area contributed by atoms with Crippen molar-refractivity contribution >= 4 is 17.7 Å². The Labute approximate surface area is 169 Å². The summed E-state index contributed by atoms with van der Waals surface area (Å²) in [7, 11) is 1.62. The van der Waals surface area contributed by atoms with Gasteiger partial charge in [0, 0.05) is 12.1 Å². The molecule has 1 aliphatic carbocycles. The lowest BCUT2D eigenvalue weighted by Crippen LogP contribution is -2.32. The van der Waals surface area contributed by atoms with Crippen LogP contribution in [0.25, 0.3) is 11.4 Å². The molecule has 1 heterocycles. The van der Waals surface area contributed by atoms with E-state index in [1.807, 2.05) is 31.2 Å². The Bertz CT molecular complexity index is 832. The van der Waals surface area contributed by atoms with E-state index in [4.69, 9.17) is 10.6 Å². The van der Waals surface area contributed by atoms with Crippen LogP contribution < -0.4 is 15.9 Å². The molecule has 0 spiro atoms. The van der Waals surface area contributed by atoms with Crippen molar-refractivity contribution in [2.75, 3.05) is 19.5 Å². The van der Waals surface area contributed by atoms with E-state index in [2.05, 4.69) is 21.6 Å². The Kier molecular flexibility index (Phi) is 6.97. The number of aromatic nitrogens is 3. The van der Waals surface area contributed by atoms with Gasteiger partial charge < -0.3 is 15.9 Å². The molecule has 0 saturated heterocycles. The van der Waals surface area contributed by atoms with Gasteiger partial charge in [0.2, 0.25) is 11.1 Å². The van der Waals surface area contributed by atoms with Gasteiger partial charge in [-0.1, -0.05) is 23.4 Å². The first-order valence-electron chi connectivity index (χ1n) is 9.55. The first-order valence-corrected chi connectivity index (χ1v) is 10.4. The first kappa shape index (κ1) is 20.3. The van der Waals surface area contributed by atoms with E-state index >= 15 is 0 Å². The Hall–Kier alpha value is -2.48. The number of ether oxygens (including phenoxy) is 1. The van der Waals surface area contributed by atoms with Gasteiger partial charge in [-0.3, -0.25) is 4.79 Å². The predicted molar refractivity (Wildman–Crippen MR) is 112 cm³/mol. The lowest BCUT2D eigenvalue weighted by molar-refractivity contribution is -0.120. The van der Waals surface area contributed by atoms with Crippen LogP contribution >= 0.6 is 11.8 Å². The maximum Gasteiger partial charge on any atom is 0.233 e. The number of carbonyl (C=O) groups excluding carboxylic acids is 1. The number of nitrogen functional groups attached to an aromatic ring is 1. The van der Waals surface area contributed by atoms with Gasteiger partial charge >= 0.3 is 0 Å². The van der Waals surface area contributed by atoms with Gasteiger partial charge in [-0.05, 0) is 63.3 Å². The zero-order valence-corrected chi connectivity index (χ0v) is 17.2. The summed E-state index contributed by atoms with van der Waals surface area (Å²) < 4.78 is 6.58. The summed E-state index contributed by atoms with van der Waals surface area (Å²) in [4.78, 5) is 12.4. The Morgan fingerprint density at radius 1 is 1.32 bits per heavy atom. The van der Waals surface area contributed by atoms with Crippen LogP contribution in [-0.2, 0) is 4.79 Å². The van der Waals surface area contributed by atoms with Gasteiger partial charge in [0.1, 0.15) is 5.75 Å². The number of rotatable bonds is 8. The van der Waals surface area contributed by atoms with E-state index in [9.17, 15) is 4.79 Å². The minimum Gasteiger partial charge on any atom is -0.497 e. The zero-order chi connectivity index (χ0) is 19.9. The standard InChI is InChI=1S/C20H27N5O2S/c1-14(19(26)22-13-12-15-6-4-3-5-7-15)28-20-24-23-18(25(20)21)16-8-10-17(27-2)11-9-16/h6,8-11,14H,3-5,7,12-13,21H2,1-2H3,(H,22,26). The van der Waals surface area contributed by atoms with Gasteiger partial charge in [0.25, 0.3) is 0 Å². The molecule has 0 radical (unpaired) electrons. The number of benzene rings is 1. The lowest BCUT2D eigenvalue weighted by Gasteiger charge is -2.14. The molecule has 7 nitrogen and oxygen atoms in total. The van der Waals surface area contributed by atoms with Gasteiger partial charge in [-0.25, -0.2) is 4.68 Å². The molecule has 2 aromatic rings. The van der Waals surface area contributed by atoms with E-state index in [-0.39, 0.29) is 11.2 Å². The number of allylic oxidation sites excluding steroid dienone is 1. The fourth-order valence-electron chi connectivity index (χ4n) is 3.13. The number of nitrogens with zero attached hydrogens (tertiary/aromatic N) is 3. The summed E-state index contributed by atoms with van der Waals surface area (Å²) in [5.41, 5.74) is 2.29. The van der Waals surface area contributed by atoms with Crippen molar-refractivity contribution in [3.05, 3.63) is 35.9 Å². The summed E-state index contributed by atoms with van der Waals surface area (Å²) in [6.07, 6.45) is 8.10. The molecule has 1 amide bonds. The zero-order valence-electron chi connectivity index (χ0n) is 16.4. The SMILES string of the molecule is COc1ccc(-c2nnc(SC(C)C(=O)NCCC3=CCCCC3)n2N)cc1. The number of methoxy groups -OCH3 is 1. The van der Waals surface area contributed by atoms with Crippen molar-refractivity contribution < 1.29 is 9.53 Å². The third kappa shape index (κ3) is 5.07. The fourth-order valence-corrected chi connectivity index (χ4v) is 3.92. The second kappa shape index (κ2) is 9.64. The molecule has 1 atom stereocenters. The number of hydrogen-bond acceptors (Lipinski definition) is 6. The summed E-state index contributed by atoms with van der Waals surface area (Å²) >= 11 is 1.30. The molecule has 0 bridgehead atoms. The number of carbonyl (C=O) groups is 1. The average molecular weight is 402 g/mol. The molecule has 3 rings (SSSR count). The van der Waals surface area contributed by atoms with Crippen LogP contribution in [0, 0.1) is 0 Å². The number of hydrogen-bond donors (Lipinski definition) is 2. The van der Waals surface area contributed by atoms with E-state index in [1.165, 1.54) is 34.9 Å². The van der Waals surface area contributed by atoms with E-state index in [0.29, 0.717) is 17.5 Å². The van der Waals surface area contributed by atoms with Crippen molar-refractivity contribution in [3.63, 3.8) is 0 Å². The van der Waals surface area contributed by atoms with E-state index in [0.717, 1.165) is 30.6 Å². The Balaban J connectivity index is 1.54. The second-order valence-electron chi connectivity index (χ2n) is 6.81. The molecular weight excluding hydrogens is 374 g/mol. The molecule has 28 heavy (non-hydrogen) atoms. The fraction of sp³-hybridized carbons (Fsp3) is 0.450. The highest BCUT2D eigenvalue weighted by atomic mass is 32.2. The third-order valence-electron chi connectivity index (χ3n) is 4.79. The largest absolute Gasteiger partial charge is 0.497 e. The second-order valence-corrected chi connectivity index (χ2v) is 8.12. The van der Waals surface area contributed by atoms with Crippen molar-refractivity contribution in [1.29, 1.82) is 0 Å². The maximum absolute atomic E-state index is 12.4. The van der Waals surface area contributed by atoms with Gasteiger partial charge in [-0.2, -0.15) is 0 Å². The molecule has 8 heteroatoms. The van der Waals surface area contributed by atoms with Crippen LogP contribution in [0.15, 0.2) is 41.1 Å². The van der Waals surface area contributed by atoms with Crippen molar-refractivity contribution in [1.82, 2.24) is 20.2 Å². The van der Waals surface area contributed by atoms with Crippen LogP contribution in [0.1, 0.15) is 39.0 Å². The number of amides is 1. The molecule has 3 N–H and O–H groups in total. The van der Waals surface area contributed by atoms with E-state index in [1.54, 1.807) is 7.11 Å². The van der Waals surface area contributed by atoms with Crippen LogP contribution in [0.3, 0.4) is 0 Å². The summed E-state index contributed by atoms with van der Waals surface area (Å²) in [6.45, 7) is 2.52. The Morgan fingerprint density at radius 3 is 2.79 bits per heavy atom. The number of thioether (sulfide) groups is 1. The van der Waals surface area contributed by atoms with Crippen molar-refractivity contribution in [3.8, 4) is 17.1 Å². The molecule has 0 saturated carbocycles. The van der Waals surface area contributed by atoms with Gasteiger partial charge in [0.05, 0.1) is 12.4 Å². The average Bonchev–Trinajstić information content (AvgIpc) is 3.09. The van der Waals surface area contributed by atoms with Crippen LogP contribution in [0.2, 0.25) is 0 Å². The molecule has 1 aliphatic rings. The summed E-state index contributed by atoms with van der Waals surface area (Å²) in [5, 5.41) is 11.5. The van der Waals surface area contributed by atoms with E-state index < -0.39 is 0 Å². The van der Waals surface area contributed by atoms with Gasteiger partial charge in [0.15, 0.2) is 5.82 Å². The number of nitrogens with two attached hydrogens (primary N) is 1. The van der Waals surface area contributed by atoms with Crippen LogP contribution in [0.4, 0.5) is 0 Å². The molecule has 0 aliphatic heterocycles.